The molecular formula is C11H15IO2. The third-order valence-corrected chi connectivity index (χ3v) is 3.47. The third-order valence-electron chi connectivity index (χ3n) is 2.17. The molecule has 1 aromatic carbocycles. The molecule has 0 saturated carbocycles. The van der Waals surface area contributed by atoms with E-state index in [1.807, 2.05) is 32.0 Å². The van der Waals surface area contributed by atoms with Gasteiger partial charge < -0.3 is 9.84 Å². The molecule has 0 saturated heterocycles. The van der Waals surface area contributed by atoms with Crippen LogP contribution in [0.15, 0.2) is 18.2 Å². The van der Waals surface area contributed by atoms with Crippen LogP contribution in [0.1, 0.15) is 18.1 Å². The van der Waals surface area contributed by atoms with E-state index in [4.69, 9.17) is 4.74 Å². The highest BCUT2D eigenvalue weighted by molar-refractivity contribution is 14.1. The van der Waals surface area contributed by atoms with Crippen molar-refractivity contribution in [3.8, 4) is 5.75 Å². The summed E-state index contributed by atoms with van der Waals surface area (Å²) in [6.07, 6.45) is -0.462. The first-order valence-electron chi connectivity index (χ1n) is 4.57. The van der Waals surface area contributed by atoms with Crippen LogP contribution in [0.4, 0.5) is 0 Å². The highest BCUT2D eigenvalue weighted by Gasteiger charge is 2.13. The lowest BCUT2D eigenvalue weighted by molar-refractivity contribution is 0.110. The molecule has 0 aliphatic heterocycles. The number of hydrogen-bond donors (Lipinski definition) is 1. The molecule has 0 heterocycles. The molecule has 0 aromatic heterocycles. The van der Waals surface area contributed by atoms with E-state index in [1.165, 1.54) is 5.56 Å². The Labute approximate surface area is 98.4 Å². The van der Waals surface area contributed by atoms with Crippen molar-refractivity contribution >= 4 is 22.6 Å². The second kappa shape index (κ2) is 4.98. The fourth-order valence-corrected chi connectivity index (χ4v) is 1.35. The minimum atomic E-state index is -0.462. The van der Waals surface area contributed by atoms with Crippen LogP contribution in [0.5, 0.6) is 5.75 Å². The molecule has 1 aromatic rings. The molecule has 3 heteroatoms. The highest BCUT2D eigenvalue weighted by atomic mass is 127. The summed E-state index contributed by atoms with van der Waals surface area (Å²) >= 11 is 2.09. The van der Waals surface area contributed by atoms with Gasteiger partial charge in [-0.3, -0.25) is 0 Å². The van der Waals surface area contributed by atoms with Gasteiger partial charge in [-0.25, -0.2) is 0 Å². The van der Waals surface area contributed by atoms with Gasteiger partial charge >= 0.3 is 0 Å². The van der Waals surface area contributed by atoms with Crippen molar-refractivity contribution in [3.63, 3.8) is 0 Å². The van der Waals surface area contributed by atoms with Gasteiger partial charge in [-0.1, -0.05) is 12.1 Å². The Hall–Kier alpha value is -0.290. The van der Waals surface area contributed by atoms with E-state index in [0.717, 1.165) is 11.3 Å². The van der Waals surface area contributed by atoms with Gasteiger partial charge in [0.15, 0.2) is 4.11 Å². The number of rotatable bonds is 3. The first-order valence-corrected chi connectivity index (χ1v) is 5.82. The Kier molecular flexibility index (Phi) is 4.19. The van der Waals surface area contributed by atoms with E-state index < -0.39 is 6.10 Å². The van der Waals surface area contributed by atoms with Crippen LogP contribution >= 0.6 is 22.6 Å². The smallest absolute Gasteiger partial charge is 0.174 e. The SMILES string of the molecule is Cc1cccc(O[C@H](I)C(C)O)c1C. The quantitative estimate of drug-likeness (QED) is 0.687. The number of ether oxygens (including phenoxy) is 1. The standard InChI is InChI=1S/C11H15IO2/c1-7-5-4-6-10(8(7)2)14-11(12)9(3)13/h4-6,9,11,13H,1-3H3/t9?,11-/m0/s1. The number of benzene rings is 1. The van der Waals surface area contributed by atoms with Crippen molar-refractivity contribution in [2.45, 2.75) is 31.0 Å². The van der Waals surface area contributed by atoms with Crippen molar-refractivity contribution in [2.75, 3.05) is 0 Å². The molecule has 0 amide bonds. The predicted molar refractivity (Wildman–Crippen MR) is 66.0 cm³/mol. The number of aliphatic hydroxyl groups excluding tert-OH is 1. The van der Waals surface area contributed by atoms with Gasteiger partial charge in [0.05, 0.1) is 6.10 Å². The van der Waals surface area contributed by atoms with Crippen molar-refractivity contribution in [1.29, 1.82) is 0 Å². The Morgan fingerprint density at radius 2 is 2.00 bits per heavy atom. The lowest BCUT2D eigenvalue weighted by atomic mass is 10.1. The summed E-state index contributed by atoms with van der Waals surface area (Å²) in [6, 6.07) is 5.94. The van der Waals surface area contributed by atoms with Gasteiger partial charge in [-0.05, 0) is 60.6 Å². The molecule has 78 valence electrons. The normalized spacial score (nSPS) is 14.9. The van der Waals surface area contributed by atoms with E-state index in [9.17, 15) is 5.11 Å². The zero-order valence-corrected chi connectivity index (χ0v) is 10.8. The predicted octanol–water partition coefficient (Wildman–Crippen LogP) is 2.82. The highest BCUT2D eigenvalue weighted by Crippen LogP contribution is 2.24. The molecule has 0 bridgehead atoms. The van der Waals surface area contributed by atoms with Crippen LogP contribution in [-0.4, -0.2) is 15.3 Å². The molecule has 14 heavy (non-hydrogen) atoms. The Morgan fingerprint density at radius 3 is 2.57 bits per heavy atom. The number of aliphatic hydroxyl groups is 1. The first-order chi connectivity index (χ1) is 6.52. The van der Waals surface area contributed by atoms with Gasteiger partial charge in [0.25, 0.3) is 0 Å². The summed E-state index contributed by atoms with van der Waals surface area (Å²) in [5.74, 6) is 0.852. The lowest BCUT2D eigenvalue weighted by Gasteiger charge is -2.17. The van der Waals surface area contributed by atoms with Gasteiger partial charge in [0, 0.05) is 0 Å². The average Bonchev–Trinajstić information content (AvgIpc) is 2.12. The van der Waals surface area contributed by atoms with E-state index in [0.29, 0.717) is 0 Å². The molecule has 1 unspecified atom stereocenters. The molecule has 1 rings (SSSR count). The largest absolute Gasteiger partial charge is 0.477 e. The van der Waals surface area contributed by atoms with E-state index in [1.54, 1.807) is 6.92 Å². The van der Waals surface area contributed by atoms with Gasteiger partial charge in [0.1, 0.15) is 5.75 Å². The van der Waals surface area contributed by atoms with E-state index in [2.05, 4.69) is 22.6 Å². The molecule has 2 atom stereocenters. The fraction of sp³-hybridized carbons (Fsp3) is 0.455. The summed E-state index contributed by atoms with van der Waals surface area (Å²) in [4.78, 5) is 0. The second-order valence-electron chi connectivity index (χ2n) is 3.41. The summed E-state index contributed by atoms with van der Waals surface area (Å²) in [7, 11) is 0. The zero-order chi connectivity index (χ0) is 10.7. The average molecular weight is 306 g/mol. The van der Waals surface area contributed by atoms with Gasteiger partial charge in [-0.2, -0.15) is 0 Å². The maximum Gasteiger partial charge on any atom is 0.174 e. The number of aryl methyl sites for hydroxylation is 1. The number of alkyl halides is 1. The summed E-state index contributed by atoms with van der Waals surface area (Å²) < 4.78 is 5.42. The minimum absolute atomic E-state index is 0.201. The Balaban J connectivity index is 2.82. The van der Waals surface area contributed by atoms with E-state index in [-0.39, 0.29) is 4.11 Å². The van der Waals surface area contributed by atoms with Crippen LogP contribution in [0.2, 0.25) is 0 Å². The van der Waals surface area contributed by atoms with Gasteiger partial charge in [0.2, 0.25) is 0 Å². The molecule has 1 N–H and O–H groups in total. The second-order valence-corrected chi connectivity index (χ2v) is 4.64. The van der Waals surface area contributed by atoms with Crippen LogP contribution < -0.4 is 4.74 Å². The molecule has 0 radical (unpaired) electrons. The summed E-state index contributed by atoms with van der Waals surface area (Å²) in [5, 5.41) is 9.31. The molecule has 0 spiro atoms. The van der Waals surface area contributed by atoms with Crippen LogP contribution in [0.25, 0.3) is 0 Å². The lowest BCUT2D eigenvalue weighted by Crippen LogP contribution is -2.22. The van der Waals surface area contributed by atoms with Crippen molar-refractivity contribution in [2.24, 2.45) is 0 Å². The monoisotopic (exact) mass is 306 g/mol. The van der Waals surface area contributed by atoms with Crippen molar-refractivity contribution < 1.29 is 9.84 Å². The fourth-order valence-electron chi connectivity index (χ4n) is 1.07. The summed E-state index contributed by atoms with van der Waals surface area (Å²) in [5.41, 5.74) is 2.34. The van der Waals surface area contributed by atoms with Crippen LogP contribution in [0.3, 0.4) is 0 Å². The Morgan fingerprint density at radius 1 is 1.36 bits per heavy atom. The van der Waals surface area contributed by atoms with E-state index >= 15 is 0 Å². The topological polar surface area (TPSA) is 29.5 Å². The number of halogens is 1. The van der Waals surface area contributed by atoms with Crippen molar-refractivity contribution in [1.82, 2.24) is 0 Å². The molecular weight excluding hydrogens is 291 g/mol. The maximum absolute atomic E-state index is 9.31. The molecule has 2 nitrogen and oxygen atoms in total. The van der Waals surface area contributed by atoms with Crippen LogP contribution in [-0.2, 0) is 0 Å². The van der Waals surface area contributed by atoms with Gasteiger partial charge in [-0.15, -0.1) is 0 Å². The van der Waals surface area contributed by atoms with Crippen LogP contribution in [0, 0.1) is 13.8 Å². The molecule has 0 fully saturated rings. The minimum Gasteiger partial charge on any atom is -0.477 e. The number of hydrogen-bond acceptors (Lipinski definition) is 2. The third kappa shape index (κ3) is 2.85. The van der Waals surface area contributed by atoms with Crippen molar-refractivity contribution in [3.05, 3.63) is 29.3 Å². The summed E-state index contributed by atoms with van der Waals surface area (Å²) in [6.45, 7) is 5.80. The first kappa shape index (κ1) is 11.8. The maximum atomic E-state index is 9.31. The Bertz CT molecular complexity index is 310. The molecule has 0 aliphatic rings. The zero-order valence-electron chi connectivity index (χ0n) is 8.62. The molecule has 0 aliphatic carbocycles.